The van der Waals surface area contributed by atoms with E-state index in [2.05, 4.69) is 37.5 Å². The first-order valence-corrected chi connectivity index (χ1v) is 11.5. The summed E-state index contributed by atoms with van der Waals surface area (Å²) in [6, 6.07) is 18.5. The zero-order chi connectivity index (χ0) is 25.5. The fourth-order valence-corrected chi connectivity index (χ4v) is 4.35. The molecule has 10 heteroatoms. The van der Waals surface area contributed by atoms with Crippen LogP contribution < -0.4 is 20.9 Å². The summed E-state index contributed by atoms with van der Waals surface area (Å²) in [6.07, 6.45) is 1.21. The number of aromatic nitrogens is 5. The van der Waals surface area contributed by atoms with Gasteiger partial charge in [-0.15, -0.1) is 0 Å². The van der Waals surface area contributed by atoms with Gasteiger partial charge in [-0.05, 0) is 67.1 Å². The second-order valence-electron chi connectivity index (χ2n) is 8.52. The molecular formula is C27H21N7O3. The molecule has 10 nitrogen and oxygen atoms in total. The van der Waals surface area contributed by atoms with Crippen LogP contribution in [0.15, 0.2) is 78.1 Å². The lowest BCUT2D eigenvalue weighted by atomic mass is 10.0. The number of rotatable bonds is 5. The smallest absolute Gasteiger partial charge is 0.292 e. The Morgan fingerprint density at radius 3 is 2.78 bits per heavy atom. The predicted molar refractivity (Wildman–Crippen MR) is 140 cm³/mol. The Balaban J connectivity index is 1.48. The van der Waals surface area contributed by atoms with E-state index in [0.29, 0.717) is 40.8 Å². The van der Waals surface area contributed by atoms with Crippen LogP contribution in [0.25, 0.3) is 27.8 Å². The molecule has 6 rings (SSSR count). The molecule has 37 heavy (non-hydrogen) atoms. The van der Waals surface area contributed by atoms with E-state index >= 15 is 0 Å². The Bertz CT molecular complexity index is 1750. The van der Waals surface area contributed by atoms with Gasteiger partial charge in [-0.1, -0.05) is 12.6 Å². The van der Waals surface area contributed by atoms with Crippen molar-refractivity contribution in [1.29, 1.82) is 0 Å². The van der Waals surface area contributed by atoms with E-state index in [1.807, 2.05) is 55.5 Å². The molecule has 0 saturated heterocycles. The van der Waals surface area contributed by atoms with Crippen LogP contribution in [0.5, 0.6) is 11.6 Å². The molecule has 0 fully saturated rings. The standard InChI is InChI=1S/C27H21N7O3/c1-3-21(35)30-17-7-9-18(10-8-17)34-25-20-12-11-19(37-22-6-4-5-15(2)29-22)13-16(20)14-28-26-23(25)24(33-34)27(36)32-31-26/h3-13H,1,14H2,2H3,(H,28,31)(H,30,35)(H,32,36). The minimum absolute atomic E-state index is 0.272. The van der Waals surface area contributed by atoms with E-state index in [4.69, 9.17) is 4.74 Å². The number of amides is 1. The van der Waals surface area contributed by atoms with Crippen LogP contribution >= 0.6 is 0 Å². The molecule has 2 aromatic carbocycles. The van der Waals surface area contributed by atoms with Gasteiger partial charge in [-0.25, -0.2) is 14.8 Å². The third-order valence-electron chi connectivity index (χ3n) is 6.03. The van der Waals surface area contributed by atoms with E-state index in [1.165, 1.54) is 6.08 Å². The van der Waals surface area contributed by atoms with Crippen molar-refractivity contribution in [2.75, 3.05) is 10.6 Å². The number of carbonyl (C=O) groups is 1. The predicted octanol–water partition coefficient (Wildman–Crippen LogP) is 4.32. The highest BCUT2D eigenvalue weighted by atomic mass is 16.5. The highest BCUT2D eigenvalue weighted by molar-refractivity contribution is 6.02. The number of hydrogen-bond acceptors (Lipinski definition) is 7. The third-order valence-corrected chi connectivity index (χ3v) is 6.03. The monoisotopic (exact) mass is 491 g/mol. The molecule has 0 unspecified atom stereocenters. The summed E-state index contributed by atoms with van der Waals surface area (Å²) in [4.78, 5) is 28.8. The van der Waals surface area contributed by atoms with Crippen molar-refractivity contribution in [2.24, 2.45) is 0 Å². The first kappa shape index (κ1) is 22.2. The fourth-order valence-electron chi connectivity index (χ4n) is 4.35. The number of nitrogens with one attached hydrogen (secondary N) is 3. The molecule has 0 radical (unpaired) electrons. The number of ether oxygens (including phenoxy) is 1. The van der Waals surface area contributed by atoms with Gasteiger partial charge in [0.05, 0.1) is 16.8 Å². The number of aryl methyl sites for hydroxylation is 1. The first-order valence-electron chi connectivity index (χ1n) is 11.5. The summed E-state index contributed by atoms with van der Waals surface area (Å²) in [5.41, 5.74) is 4.63. The van der Waals surface area contributed by atoms with Crippen LogP contribution in [-0.4, -0.2) is 30.9 Å². The zero-order valence-corrected chi connectivity index (χ0v) is 19.8. The van der Waals surface area contributed by atoms with Gasteiger partial charge in [0.15, 0.2) is 11.3 Å². The van der Waals surface area contributed by atoms with E-state index in [9.17, 15) is 9.59 Å². The van der Waals surface area contributed by atoms with Crippen molar-refractivity contribution in [3.8, 4) is 28.6 Å². The number of anilines is 2. The molecule has 0 bridgehead atoms. The lowest BCUT2D eigenvalue weighted by Gasteiger charge is -2.13. The summed E-state index contributed by atoms with van der Waals surface area (Å²) in [6.45, 7) is 5.84. The Hall–Kier alpha value is -5.25. The number of H-pyrrole nitrogens is 1. The second-order valence-corrected chi connectivity index (χ2v) is 8.52. The van der Waals surface area contributed by atoms with Crippen LogP contribution in [0.1, 0.15) is 11.3 Å². The van der Waals surface area contributed by atoms with Crippen molar-refractivity contribution in [2.45, 2.75) is 13.5 Å². The zero-order valence-electron chi connectivity index (χ0n) is 19.8. The van der Waals surface area contributed by atoms with Crippen molar-refractivity contribution >= 4 is 28.3 Å². The number of benzene rings is 2. The minimum Gasteiger partial charge on any atom is -0.439 e. The molecule has 1 aliphatic heterocycles. The van der Waals surface area contributed by atoms with Crippen LogP contribution in [0.4, 0.5) is 11.5 Å². The van der Waals surface area contributed by atoms with Gasteiger partial charge >= 0.3 is 0 Å². The van der Waals surface area contributed by atoms with Gasteiger partial charge in [0.2, 0.25) is 11.8 Å². The van der Waals surface area contributed by atoms with Gasteiger partial charge in [0.25, 0.3) is 5.56 Å². The molecule has 3 N–H and O–H groups in total. The molecule has 0 saturated carbocycles. The number of pyridine rings is 1. The molecule has 182 valence electrons. The van der Waals surface area contributed by atoms with Crippen LogP contribution in [0.3, 0.4) is 0 Å². The molecular weight excluding hydrogens is 470 g/mol. The van der Waals surface area contributed by atoms with Gasteiger partial charge in [-0.3, -0.25) is 9.59 Å². The fraction of sp³-hybridized carbons (Fsp3) is 0.0741. The quantitative estimate of drug-likeness (QED) is 0.313. The summed E-state index contributed by atoms with van der Waals surface area (Å²) in [7, 11) is 0. The van der Waals surface area contributed by atoms with Crippen molar-refractivity contribution in [1.82, 2.24) is 25.0 Å². The normalized spacial score (nSPS) is 11.8. The molecule has 1 amide bonds. The summed E-state index contributed by atoms with van der Waals surface area (Å²) >= 11 is 0. The molecule has 0 spiro atoms. The molecule has 0 atom stereocenters. The van der Waals surface area contributed by atoms with Crippen molar-refractivity contribution < 1.29 is 9.53 Å². The van der Waals surface area contributed by atoms with E-state index < -0.39 is 0 Å². The summed E-state index contributed by atoms with van der Waals surface area (Å²) in [5, 5.41) is 18.1. The van der Waals surface area contributed by atoms with Crippen LogP contribution in [0.2, 0.25) is 0 Å². The van der Waals surface area contributed by atoms with Crippen LogP contribution in [0, 0.1) is 6.92 Å². The number of hydrogen-bond donors (Lipinski definition) is 3. The Morgan fingerprint density at radius 1 is 1.16 bits per heavy atom. The van der Waals surface area contributed by atoms with Gasteiger partial charge in [0.1, 0.15) is 5.75 Å². The molecule has 0 aliphatic carbocycles. The van der Waals surface area contributed by atoms with Crippen molar-refractivity contribution in [3.05, 3.63) is 94.9 Å². The SMILES string of the molecule is C=CC(=O)Nc1ccc(-n2nc3c(=O)[nH]nc4c3c2-c2ccc(Oc3cccc(C)n3)cc2CN4)cc1. The average Bonchev–Trinajstić information content (AvgIpc) is 3.22. The second kappa shape index (κ2) is 8.76. The first-order chi connectivity index (χ1) is 18.0. The molecule has 4 heterocycles. The topological polar surface area (TPSA) is 127 Å². The molecule has 5 aromatic rings. The van der Waals surface area contributed by atoms with E-state index in [-0.39, 0.29) is 17.0 Å². The average molecular weight is 492 g/mol. The highest BCUT2D eigenvalue weighted by Crippen LogP contribution is 2.39. The number of aromatic amines is 1. The molecule has 3 aromatic heterocycles. The van der Waals surface area contributed by atoms with Gasteiger partial charge in [-0.2, -0.15) is 10.2 Å². The highest BCUT2D eigenvalue weighted by Gasteiger charge is 2.26. The maximum Gasteiger partial charge on any atom is 0.292 e. The van der Waals surface area contributed by atoms with E-state index in [1.54, 1.807) is 16.8 Å². The maximum atomic E-state index is 12.7. The number of carbonyl (C=O) groups excluding carboxylic acids is 1. The summed E-state index contributed by atoms with van der Waals surface area (Å²) in [5.74, 6) is 1.38. The van der Waals surface area contributed by atoms with Gasteiger partial charge in [0, 0.05) is 29.6 Å². The Morgan fingerprint density at radius 2 is 2.00 bits per heavy atom. The number of fused-ring (bicyclic) bond motifs is 2. The van der Waals surface area contributed by atoms with E-state index in [0.717, 1.165) is 22.5 Å². The van der Waals surface area contributed by atoms with Crippen LogP contribution in [-0.2, 0) is 11.3 Å². The van der Waals surface area contributed by atoms with Gasteiger partial charge < -0.3 is 15.4 Å². The Kier molecular flexibility index (Phi) is 5.26. The number of nitrogens with zero attached hydrogens (tertiary/aromatic N) is 4. The summed E-state index contributed by atoms with van der Waals surface area (Å²) < 4.78 is 7.73. The third kappa shape index (κ3) is 4.00. The maximum absolute atomic E-state index is 12.7. The Labute approximate surface area is 210 Å². The minimum atomic E-state index is -0.385. The largest absolute Gasteiger partial charge is 0.439 e. The lowest BCUT2D eigenvalue weighted by Crippen LogP contribution is -2.12. The lowest BCUT2D eigenvalue weighted by molar-refractivity contribution is -0.111. The molecule has 1 aliphatic rings. The van der Waals surface area contributed by atoms with Crippen molar-refractivity contribution in [3.63, 3.8) is 0 Å².